The van der Waals surface area contributed by atoms with Crippen LogP contribution in [-0.4, -0.2) is 33.9 Å². The van der Waals surface area contributed by atoms with E-state index < -0.39 is 0 Å². The fourth-order valence-electron chi connectivity index (χ4n) is 2.49. The molecule has 6 nitrogen and oxygen atoms in total. The van der Waals surface area contributed by atoms with Gasteiger partial charge in [0.25, 0.3) is 5.91 Å². The lowest BCUT2D eigenvalue weighted by Gasteiger charge is -2.17. The quantitative estimate of drug-likeness (QED) is 0.851. The average Bonchev–Trinajstić information content (AvgIpc) is 3.28. The van der Waals surface area contributed by atoms with Crippen LogP contribution in [0.1, 0.15) is 35.5 Å². The number of carbonyl (C=O) groups is 1. The van der Waals surface area contributed by atoms with Gasteiger partial charge < -0.3 is 14.8 Å². The van der Waals surface area contributed by atoms with Gasteiger partial charge in [-0.1, -0.05) is 0 Å². The molecular weight excluding hydrogens is 282 g/mol. The predicted molar refractivity (Wildman–Crippen MR) is 80.2 cm³/mol. The zero-order valence-electron chi connectivity index (χ0n) is 12.5. The van der Waals surface area contributed by atoms with Crippen LogP contribution in [-0.2, 0) is 0 Å². The molecule has 1 fully saturated rings. The highest BCUT2D eigenvalue weighted by molar-refractivity contribution is 5.94. The van der Waals surface area contributed by atoms with Gasteiger partial charge in [-0.25, -0.2) is 0 Å². The molecule has 1 atom stereocenters. The Hall–Kier alpha value is -2.21. The lowest BCUT2D eigenvalue weighted by molar-refractivity contribution is 0.0924. The molecule has 22 heavy (non-hydrogen) atoms. The van der Waals surface area contributed by atoms with E-state index in [1.54, 1.807) is 31.2 Å². The molecule has 1 aliphatic carbocycles. The van der Waals surface area contributed by atoms with E-state index in [1.807, 2.05) is 0 Å². The minimum absolute atomic E-state index is 0.0655. The molecule has 6 heteroatoms. The van der Waals surface area contributed by atoms with Gasteiger partial charge in [-0.05, 0) is 49.4 Å². The Morgan fingerprint density at radius 3 is 2.64 bits per heavy atom. The summed E-state index contributed by atoms with van der Waals surface area (Å²) in [5.41, 5.74) is 1.37. The molecule has 0 bridgehead atoms. The van der Waals surface area contributed by atoms with Crippen LogP contribution in [0.4, 0.5) is 0 Å². The van der Waals surface area contributed by atoms with Gasteiger partial charge in [0, 0.05) is 30.7 Å². The third-order valence-electron chi connectivity index (χ3n) is 3.87. The van der Waals surface area contributed by atoms with Gasteiger partial charge in [0.2, 0.25) is 11.8 Å². The first-order valence-corrected chi connectivity index (χ1v) is 7.49. The summed E-state index contributed by atoms with van der Waals surface area (Å²) in [6, 6.07) is 7.14. The second-order valence-corrected chi connectivity index (χ2v) is 5.63. The van der Waals surface area contributed by atoms with Gasteiger partial charge in [0.15, 0.2) is 0 Å². The summed E-state index contributed by atoms with van der Waals surface area (Å²) in [5, 5.41) is 19.8. The summed E-state index contributed by atoms with van der Waals surface area (Å²) in [4.78, 5) is 12.3. The Morgan fingerprint density at radius 1 is 1.36 bits per heavy atom. The molecule has 0 aliphatic heterocycles. The van der Waals surface area contributed by atoms with E-state index in [4.69, 9.17) is 9.52 Å². The first kappa shape index (κ1) is 14.7. The molecule has 1 aliphatic rings. The molecular formula is C16H19N3O3. The predicted octanol–water partition coefficient (Wildman–Crippen LogP) is 1.94. The number of aliphatic hydroxyl groups excluding tert-OH is 1. The van der Waals surface area contributed by atoms with Gasteiger partial charge >= 0.3 is 0 Å². The Bertz CT molecular complexity index is 647. The molecule has 0 radical (unpaired) electrons. The summed E-state index contributed by atoms with van der Waals surface area (Å²) >= 11 is 0. The van der Waals surface area contributed by atoms with Gasteiger partial charge in [-0.2, -0.15) is 0 Å². The van der Waals surface area contributed by atoms with Crippen LogP contribution in [0, 0.1) is 12.8 Å². The summed E-state index contributed by atoms with van der Waals surface area (Å²) < 4.78 is 5.36. The molecule has 1 aromatic carbocycles. The highest BCUT2D eigenvalue weighted by atomic mass is 16.4. The SMILES string of the molecule is Cc1nnc(-c2ccc(C(=O)NC(CCO)C3CC3)cc2)o1. The number of benzene rings is 1. The number of aromatic nitrogens is 2. The van der Waals surface area contributed by atoms with Crippen molar-refractivity contribution in [2.75, 3.05) is 6.61 Å². The van der Waals surface area contributed by atoms with Crippen molar-refractivity contribution in [1.29, 1.82) is 0 Å². The Kier molecular flexibility index (Phi) is 4.20. The monoisotopic (exact) mass is 301 g/mol. The summed E-state index contributed by atoms with van der Waals surface area (Å²) in [6.07, 6.45) is 2.86. The van der Waals surface area contributed by atoms with Crippen LogP contribution in [0.5, 0.6) is 0 Å². The van der Waals surface area contributed by atoms with E-state index in [2.05, 4.69) is 15.5 Å². The fourth-order valence-corrected chi connectivity index (χ4v) is 2.49. The van der Waals surface area contributed by atoms with Crippen molar-refractivity contribution in [1.82, 2.24) is 15.5 Å². The molecule has 1 unspecified atom stereocenters. The smallest absolute Gasteiger partial charge is 0.251 e. The number of hydrogen-bond acceptors (Lipinski definition) is 5. The molecule has 1 heterocycles. The third-order valence-corrected chi connectivity index (χ3v) is 3.87. The lowest BCUT2D eigenvalue weighted by Crippen LogP contribution is -2.37. The zero-order chi connectivity index (χ0) is 15.5. The molecule has 1 aromatic heterocycles. The Labute approximate surface area is 128 Å². The number of carbonyl (C=O) groups excluding carboxylic acids is 1. The van der Waals surface area contributed by atoms with Crippen LogP contribution < -0.4 is 5.32 Å². The first-order chi connectivity index (χ1) is 10.7. The van der Waals surface area contributed by atoms with Gasteiger partial charge in [-0.3, -0.25) is 4.79 Å². The number of nitrogens with one attached hydrogen (secondary N) is 1. The summed E-state index contributed by atoms with van der Waals surface area (Å²) in [7, 11) is 0. The normalized spacial score (nSPS) is 15.5. The van der Waals surface area contributed by atoms with Crippen molar-refractivity contribution < 1.29 is 14.3 Å². The minimum Gasteiger partial charge on any atom is -0.421 e. The number of rotatable bonds is 6. The zero-order valence-corrected chi connectivity index (χ0v) is 12.5. The van der Waals surface area contributed by atoms with E-state index in [0.717, 1.165) is 18.4 Å². The number of amides is 1. The highest BCUT2D eigenvalue weighted by Crippen LogP contribution is 2.34. The highest BCUT2D eigenvalue weighted by Gasteiger charge is 2.31. The van der Waals surface area contributed by atoms with Crippen molar-refractivity contribution in [3.63, 3.8) is 0 Å². The van der Waals surface area contributed by atoms with Crippen LogP contribution in [0.25, 0.3) is 11.5 Å². The lowest BCUT2D eigenvalue weighted by atomic mass is 10.1. The number of aryl methyl sites for hydroxylation is 1. The van der Waals surface area contributed by atoms with Crippen LogP contribution in [0.15, 0.2) is 28.7 Å². The van der Waals surface area contributed by atoms with E-state index >= 15 is 0 Å². The largest absolute Gasteiger partial charge is 0.421 e. The molecule has 2 aromatic rings. The second-order valence-electron chi connectivity index (χ2n) is 5.63. The standard InChI is InChI=1S/C16H19N3O3/c1-10-18-19-16(22-10)13-6-4-12(5-7-13)15(21)17-14(8-9-20)11-2-3-11/h4-7,11,14,20H,2-3,8-9H2,1H3,(H,17,21). The maximum absolute atomic E-state index is 12.3. The van der Waals surface area contributed by atoms with Crippen LogP contribution in [0.2, 0.25) is 0 Å². The average molecular weight is 301 g/mol. The van der Waals surface area contributed by atoms with Crippen molar-refractivity contribution in [3.05, 3.63) is 35.7 Å². The summed E-state index contributed by atoms with van der Waals surface area (Å²) in [5.74, 6) is 1.35. The molecule has 2 N–H and O–H groups in total. The maximum Gasteiger partial charge on any atom is 0.251 e. The minimum atomic E-state index is -0.112. The number of aliphatic hydroxyl groups is 1. The molecule has 1 amide bonds. The molecule has 1 saturated carbocycles. The second kappa shape index (κ2) is 6.27. The number of nitrogens with zero attached hydrogens (tertiary/aromatic N) is 2. The Morgan fingerprint density at radius 2 is 2.09 bits per heavy atom. The van der Waals surface area contributed by atoms with Crippen molar-refractivity contribution >= 4 is 5.91 Å². The van der Waals surface area contributed by atoms with Crippen LogP contribution in [0.3, 0.4) is 0 Å². The fraction of sp³-hybridized carbons (Fsp3) is 0.438. The molecule has 3 rings (SSSR count). The topological polar surface area (TPSA) is 88.2 Å². The van der Waals surface area contributed by atoms with Crippen molar-refractivity contribution in [3.8, 4) is 11.5 Å². The van der Waals surface area contributed by atoms with Crippen LogP contribution >= 0.6 is 0 Å². The summed E-state index contributed by atoms with van der Waals surface area (Å²) in [6.45, 7) is 1.83. The van der Waals surface area contributed by atoms with E-state index in [9.17, 15) is 4.79 Å². The van der Waals surface area contributed by atoms with E-state index in [1.165, 1.54) is 0 Å². The first-order valence-electron chi connectivity index (χ1n) is 7.49. The maximum atomic E-state index is 12.3. The number of hydrogen-bond donors (Lipinski definition) is 2. The molecule has 116 valence electrons. The van der Waals surface area contributed by atoms with Gasteiger partial charge in [0.05, 0.1) is 0 Å². The van der Waals surface area contributed by atoms with E-state index in [0.29, 0.717) is 29.7 Å². The van der Waals surface area contributed by atoms with Gasteiger partial charge in [-0.15, -0.1) is 10.2 Å². The Balaban J connectivity index is 1.67. The molecule has 0 spiro atoms. The van der Waals surface area contributed by atoms with Crippen molar-refractivity contribution in [2.24, 2.45) is 5.92 Å². The van der Waals surface area contributed by atoms with E-state index in [-0.39, 0.29) is 18.6 Å². The van der Waals surface area contributed by atoms with Gasteiger partial charge in [0.1, 0.15) is 0 Å². The van der Waals surface area contributed by atoms with Crippen molar-refractivity contribution in [2.45, 2.75) is 32.2 Å². The third kappa shape index (κ3) is 3.33. The molecule has 0 saturated heterocycles.